The molecule has 20 heteroatoms. The summed E-state index contributed by atoms with van der Waals surface area (Å²) in [6, 6.07) is 11.7. The van der Waals surface area contributed by atoms with Gasteiger partial charge in [-0.15, -0.1) is 5.10 Å². The van der Waals surface area contributed by atoms with E-state index in [1.165, 1.54) is 6.92 Å². The fourth-order valence-electron chi connectivity index (χ4n) is 8.99. The van der Waals surface area contributed by atoms with Crippen LogP contribution in [0, 0.1) is 12.8 Å². The number of pyridine rings is 2. The second-order valence-electron chi connectivity index (χ2n) is 18.4. The van der Waals surface area contributed by atoms with Crippen LogP contribution in [0.25, 0.3) is 11.0 Å². The molecule has 1 aliphatic carbocycles. The highest BCUT2D eigenvalue weighted by atomic mass is 16.5. The van der Waals surface area contributed by atoms with Gasteiger partial charge in [0, 0.05) is 69.1 Å². The largest absolute Gasteiger partial charge is 0.382 e. The van der Waals surface area contributed by atoms with E-state index in [-0.39, 0.29) is 47.9 Å². The number of anilines is 3. The highest BCUT2D eigenvalue weighted by molar-refractivity contribution is 5.99. The van der Waals surface area contributed by atoms with Crippen molar-refractivity contribution in [3.8, 4) is 0 Å². The Kier molecular flexibility index (Phi) is 17.9. The van der Waals surface area contributed by atoms with E-state index in [1.54, 1.807) is 22.4 Å². The van der Waals surface area contributed by atoms with Gasteiger partial charge in [0.1, 0.15) is 23.6 Å². The van der Waals surface area contributed by atoms with Crippen molar-refractivity contribution in [2.75, 3.05) is 69.4 Å². The Bertz CT molecular complexity index is 2540. The number of aliphatic hydroxyl groups excluding tert-OH is 1. The van der Waals surface area contributed by atoms with Crippen molar-refractivity contribution in [1.29, 1.82) is 0 Å². The lowest BCUT2D eigenvalue weighted by atomic mass is 10.00. The van der Waals surface area contributed by atoms with Gasteiger partial charge in [0.2, 0.25) is 11.9 Å². The van der Waals surface area contributed by atoms with Gasteiger partial charge in [-0.3, -0.25) is 28.6 Å². The molecular formula is C49H67N13O7. The lowest BCUT2D eigenvalue weighted by Crippen LogP contribution is -2.54. The van der Waals surface area contributed by atoms with Gasteiger partial charge in [0.25, 0.3) is 11.5 Å². The maximum Gasteiger partial charge on any atom is 0.263 e. The molecule has 0 unspecified atom stereocenters. The number of carbonyl (C=O) groups excluding carboxylic acids is 3. The first kappa shape index (κ1) is 50.7. The molecule has 5 aromatic rings. The number of ether oxygens (including phenoxy) is 2. The maximum absolute atomic E-state index is 13.6. The molecule has 1 saturated carbocycles. The Hall–Kier alpha value is -6.19. The summed E-state index contributed by atoms with van der Waals surface area (Å²) in [5.41, 5.74) is 10.00. The quantitative estimate of drug-likeness (QED) is 0.0441. The summed E-state index contributed by atoms with van der Waals surface area (Å²) in [5.74, 6) is -0.233. The van der Waals surface area contributed by atoms with Crippen LogP contribution in [-0.2, 0) is 38.6 Å². The number of amides is 2. The van der Waals surface area contributed by atoms with Crippen LogP contribution >= 0.6 is 0 Å². The third kappa shape index (κ3) is 13.7. The summed E-state index contributed by atoms with van der Waals surface area (Å²) in [7, 11) is 0. The summed E-state index contributed by atoms with van der Waals surface area (Å²) >= 11 is 0. The number of hydrogen-bond acceptors (Lipinski definition) is 16. The molecule has 4 aromatic heterocycles. The molecule has 0 bridgehead atoms. The van der Waals surface area contributed by atoms with E-state index in [9.17, 15) is 24.3 Å². The number of benzene rings is 1. The second kappa shape index (κ2) is 24.4. The molecule has 2 amide bonds. The van der Waals surface area contributed by atoms with Crippen LogP contribution in [0.15, 0.2) is 65.8 Å². The molecule has 0 spiro atoms. The van der Waals surface area contributed by atoms with Crippen molar-refractivity contribution in [3.05, 3.63) is 93.8 Å². The average Bonchev–Trinajstić information content (AvgIpc) is 4.04. The smallest absolute Gasteiger partial charge is 0.263 e. The number of fused-ring (bicyclic) bond motifs is 1. The Labute approximate surface area is 402 Å². The summed E-state index contributed by atoms with van der Waals surface area (Å²) < 4.78 is 14.9. The minimum atomic E-state index is -1.46. The summed E-state index contributed by atoms with van der Waals surface area (Å²) in [6.45, 7) is 13.4. The summed E-state index contributed by atoms with van der Waals surface area (Å²) in [6.07, 6.45) is 8.55. The van der Waals surface area contributed by atoms with Crippen molar-refractivity contribution in [3.63, 3.8) is 0 Å². The summed E-state index contributed by atoms with van der Waals surface area (Å²) in [4.78, 5) is 70.5. The number of hydrogen-bond donors (Lipinski definition) is 5. The molecule has 1 saturated heterocycles. The van der Waals surface area contributed by atoms with Crippen molar-refractivity contribution in [1.82, 2.24) is 50.0 Å². The Morgan fingerprint density at radius 3 is 2.36 bits per heavy atom. The van der Waals surface area contributed by atoms with Crippen LogP contribution in [-0.4, -0.2) is 139 Å². The standard InChI is InChI=1S/C49H67N13O7/c1-32(2)26-41(54-47(66)44(64)40(50)27-35-10-6-5-7-11-35)46(65)51-16-22-68-24-25-69-23-21-61-31-36(57-58-61)30-59-17-19-60(20-18-59)38-14-15-42(52-28-38)55-49-53-29-39-33(3)43(34(4)63)48(67)62(45(39)56-49)37-12-8-9-13-37/h5-7,10-11,14-15,28-29,31-32,37,40-41,44,64H,8-9,12-13,16-27,30,50H2,1-4H3,(H,51,65)(H,54,66)(H,52,53,55,56)/t40-,41+,44+/m1/s1. The molecule has 370 valence electrons. The Morgan fingerprint density at radius 1 is 0.928 bits per heavy atom. The SMILES string of the molecule is CC(=O)c1c(C)c2cnc(Nc3ccc(N4CCN(Cc5cn(CCOCCOCCNC(=O)[C@H](CC(C)C)NC(=O)[C@@H](O)[C@H](N)Cc6ccccc6)nn5)CC4)cn3)nc2n(C2CCCC2)c1=O. The van der Waals surface area contributed by atoms with E-state index in [0.29, 0.717) is 74.1 Å². The second-order valence-corrected chi connectivity index (χ2v) is 18.4. The van der Waals surface area contributed by atoms with Gasteiger partial charge in [-0.05, 0) is 68.7 Å². The predicted octanol–water partition coefficient (Wildman–Crippen LogP) is 3.08. The number of nitrogens with one attached hydrogen (secondary N) is 3. The van der Waals surface area contributed by atoms with Gasteiger partial charge in [-0.1, -0.05) is 62.2 Å². The first-order valence-corrected chi connectivity index (χ1v) is 24.1. The van der Waals surface area contributed by atoms with E-state index in [0.717, 1.165) is 68.8 Å². The first-order valence-electron chi connectivity index (χ1n) is 24.1. The number of aryl methyl sites for hydroxylation is 1. The zero-order chi connectivity index (χ0) is 48.9. The number of aromatic nitrogens is 7. The van der Waals surface area contributed by atoms with Crippen LogP contribution in [0.4, 0.5) is 17.5 Å². The first-order chi connectivity index (χ1) is 33.3. The van der Waals surface area contributed by atoms with Gasteiger partial charge in [-0.25, -0.2) is 14.6 Å². The maximum atomic E-state index is 13.6. The van der Waals surface area contributed by atoms with Crippen LogP contribution < -0.4 is 32.1 Å². The number of ketones is 1. The molecule has 7 rings (SSSR count). The van der Waals surface area contributed by atoms with Crippen LogP contribution in [0.2, 0.25) is 0 Å². The lowest BCUT2D eigenvalue weighted by molar-refractivity contribution is -0.135. The molecule has 2 aliphatic rings. The lowest BCUT2D eigenvalue weighted by Gasteiger charge is -2.35. The average molecular weight is 950 g/mol. The van der Waals surface area contributed by atoms with Gasteiger partial charge in [0.05, 0.1) is 56.1 Å². The molecule has 1 aromatic carbocycles. The number of nitrogens with two attached hydrogens (primary N) is 1. The number of aliphatic hydroxyl groups is 1. The van der Waals surface area contributed by atoms with Crippen molar-refractivity contribution in [2.45, 2.75) is 104 Å². The number of carbonyl (C=O) groups is 3. The number of Topliss-reactive ketones (excluding diaryl/α,β-unsaturated/α-hetero) is 1. The van der Waals surface area contributed by atoms with E-state index in [2.05, 4.69) is 46.0 Å². The van der Waals surface area contributed by atoms with Crippen LogP contribution in [0.5, 0.6) is 0 Å². The monoisotopic (exact) mass is 950 g/mol. The fraction of sp³-hybridized carbons (Fsp3) is 0.531. The van der Waals surface area contributed by atoms with Crippen molar-refractivity contribution >= 4 is 46.1 Å². The zero-order valence-corrected chi connectivity index (χ0v) is 40.2. The van der Waals surface area contributed by atoms with Crippen molar-refractivity contribution in [2.24, 2.45) is 11.7 Å². The topological polar surface area (TPSA) is 250 Å². The van der Waals surface area contributed by atoms with Gasteiger partial charge < -0.3 is 41.2 Å². The third-order valence-electron chi connectivity index (χ3n) is 12.7. The Balaban J connectivity index is 0.771. The number of rotatable bonds is 24. The highest BCUT2D eigenvalue weighted by Crippen LogP contribution is 2.32. The molecular weight excluding hydrogens is 883 g/mol. The van der Waals surface area contributed by atoms with Crippen LogP contribution in [0.1, 0.15) is 86.1 Å². The van der Waals surface area contributed by atoms with Gasteiger partial charge in [-0.2, -0.15) is 4.98 Å². The van der Waals surface area contributed by atoms with E-state index >= 15 is 0 Å². The fourth-order valence-corrected chi connectivity index (χ4v) is 8.99. The minimum Gasteiger partial charge on any atom is -0.382 e. The molecule has 1 aliphatic heterocycles. The third-order valence-corrected chi connectivity index (χ3v) is 12.7. The summed E-state index contributed by atoms with van der Waals surface area (Å²) in [5, 5.41) is 28.6. The normalized spacial score (nSPS) is 15.9. The Morgan fingerprint density at radius 2 is 1.67 bits per heavy atom. The molecule has 20 nitrogen and oxygen atoms in total. The molecule has 2 fully saturated rings. The molecule has 0 radical (unpaired) electrons. The highest BCUT2D eigenvalue weighted by Gasteiger charge is 2.29. The van der Waals surface area contributed by atoms with Crippen molar-refractivity contribution < 1.29 is 29.0 Å². The molecule has 5 heterocycles. The van der Waals surface area contributed by atoms with Gasteiger partial charge in [0.15, 0.2) is 5.78 Å². The molecule has 69 heavy (non-hydrogen) atoms. The molecule has 3 atom stereocenters. The minimum absolute atomic E-state index is 0.00121. The number of piperazine rings is 1. The van der Waals surface area contributed by atoms with E-state index in [1.807, 2.05) is 68.7 Å². The predicted molar refractivity (Wildman–Crippen MR) is 261 cm³/mol. The van der Waals surface area contributed by atoms with Gasteiger partial charge >= 0.3 is 0 Å². The molecule has 6 N–H and O–H groups in total. The van der Waals surface area contributed by atoms with E-state index in [4.69, 9.17) is 20.2 Å². The van der Waals surface area contributed by atoms with E-state index < -0.39 is 24.1 Å². The van der Waals surface area contributed by atoms with Crippen LogP contribution in [0.3, 0.4) is 0 Å². The number of nitrogens with zero attached hydrogens (tertiary/aromatic N) is 9. The zero-order valence-electron chi connectivity index (χ0n) is 40.2.